The van der Waals surface area contributed by atoms with Crippen molar-refractivity contribution in [1.29, 1.82) is 0 Å². The number of hydrogen-bond donors (Lipinski definition) is 0. The number of rotatable bonds is 3. The third kappa shape index (κ3) is 3.03. The first-order chi connectivity index (χ1) is 18.0. The van der Waals surface area contributed by atoms with E-state index < -0.39 is 22.7 Å². The maximum Gasteiger partial charge on any atom is 0.424 e. The number of epoxide rings is 1. The van der Waals surface area contributed by atoms with Crippen molar-refractivity contribution in [2.45, 2.75) is 131 Å². The van der Waals surface area contributed by atoms with Gasteiger partial charge in [0.05, 0.1) is 0 Å². The van der Waals surface area contributed by atoms with Gasteiger partial charge in [-0.1, -0.05) is 55.4 Å². The zero-order chi connectivity index (χ0) is 28.6. The Balaban J connectivity index is 1.46. The van der Waals surface area contributed by atoms with Crippen LogP contribution in [0.3, 0.4) is 0 Å². The van der Waals surface area contributed by atoms with Gasteiger partial charge in [-0.15, -0.1) is 0 Å². The summed E-state index contributed by atoms with van der Waals surface area (Å²) in [4.78, 5) is 45.9. The molecule has 10 atom stereocenters. The van der Waals surface area contributed by atoms with Crippen LogP contribution in [0.15, 0.2) is 0 Å². The summed E-state index contributed by atoms with van der Waals surface area (Å²) >= 11 is 0. The van der Waals surface area contributed by atoms with Gasteiger partial charge in [0.1, 0.15) is 11.6 Å². The number of carbonyl (C=O) groups excluding carboxylic acids is 3. The van der Waals surface area contributed by atoms with Crippen molar-refractivity contribution >= 4 is 17.3 Å². The Labute approximate surface area is 235 Å². The molecule has 214 valence electrons. The second-order valence-electron chi connectivity index (χ2n) is 16.7. The highest BCUT2D eigenvalue weighted by Crippen LogP contribution is 2.79. The summed E-state index contributed by atoms with van der Waals surface area (Å²) in [6, 6.07) is 0. The summed E-state index contributed by atoms with van der Waals surface area (Å²) in [7, 11) is 0. The van der Waals surface area contributed by atoms with E-state index in [0.29, 0.717) is 24.4 Å². The molecule has 5 heteroatoms. The van der Waals surface area contributed by atoms with Crippen molar-refractivity contribution in [1.82, 2.24) is 0 Å². The van der Waals surface area contributed by atoms with Crippen LogP contribution < -0.4 is 0 Å². The van der Waals surface area contributed by atoms with E-state index >= 15 is 0 Å². The number of carbonyl (C=O) groups is 3. The van der Waals surface area contributed by atoms with Gasteiger partial charge in [0.25, 0.3) is 5.78 Å². The standard InChI is InChI=1S/C34H49NO4/c1-10-11-24(37)33-16-14-28(2,3)19-20(33)25-21(36)18-23-30(6,31(25,7)15-17-33)13-12-22-29(4,5)26(38)34(35-9)27(39-34)32(22,23)8/h20,22-23,25,27H,10-19H2,1-8H3/t20-,22-,23-,25-,27+,30+,31+,32-,33-,34-/m0/s1. The summed E-state index contributed by atoms with van der Waals surface area (Å²) in [6.45, 7) is 25.8. The molecule has 5 nitrogen and oxygen atoms in total. The molecule has 6 rings (SSSR count). The minimum Gasteiger partial charge on any atom is -0.299 e. The third-order valence-corrected chi connectivity index (χ3v) is 14.3. The number of ether oxygens (including phenoxy) is 1. The number of fused-ring (bicyclic) bond motifs is 9. The lowest BCUT2D eigenvalue weighted by Gasteiger charge is -2.71. The van der Waals surface area contributed by atoms with Crippen molar-refractivity contribution in [2.24, 2.45) is 56.2 Å². The highest BCUT2D eigenvalue weighted by molar-refractivity contribution is 5.98. The lowest BCUT2D eigenvalue weighted by atomic mass is 9.31. The lowest BCUT2D eigenvalue weighted by Crippen LogP contribution is -2.71. The number of hydrogen-bond acceptors (Lipinski definition) is 4. The molecule has 5 saturated carbocycles. The second kappa shape index (κ2) is 7.84. The predicted molar refractivity (Wildman–Crippen MR) is 149 cm³/mol. The van der Waals surface area contributed by atoms with Crippen molar-refractivity contribution < 1.29 is 19.1 Å². The van der Waals surface area contributed by atoms with Crippen LogP contribution in [0.4, 0.5) is 0 Å². The predicted octanol–water partition coefficient (Wildman–Crippen LogP) is 7.22. The molecule has 0 unspecified atom stereocenters. The fourth-order valence-electron chi connectivity index (χ4n) is 12.1. The van der Waals surface area contributed by atoms with Crippen molar-refractivity contribution in [3.05, 3.63) is 11.4 Å². The summed E-state index contributed by atoms with van der Waals surface area (Å²) in [5, 5.41) is 0. The van der Waals surface area contributed by atoms with Gasteiger partial charge in [-0.25, -0.2) is 6.57 Å². The first-order valence-electron chi connectivity index (χ1n) is 15.7. The fraction of sp³-hybridized carbons (Fsp3) is 0.882. The average molecular weight is 536 g/mol. The van der Waals surface area contributed by atoms with E-state index in [4.69, 9.17) is 11.3 Å². The van der Waals surface area contributed by atoms with Crippen molar-refractivity contribution in [2.75, 3.05) is 0 Å². The van der Waals surface area contributed by atoms with Crippen LogP contribution in [0.25, 0.3) is 4.85 Å². The molecule has 0 amide bonds. The van der Waals surface area contributed by atoms with Gasteiger partial charge < -0.3 is 0 Å². The normalized spacial score (nSPS) is 52.7. The molecule has 6 aliphatic rings. The van der Waals surface area contributed by atoms with Crippen LogP contribution in [0.2, 0.25) is 0 Å². The topological polar surface area (TPSA) is 68.1 Å². The van der Waals surface area contributed by atoms with Gasteiger partial charge in [-0.05, 0) is 85.4 Å². The Morgan fingerprint density at radius 2 is 1.62 bits per heavy atom. The first kappa shape index (κ1) is 27.6. The monoisotopic (exact) mass is 535 g/mol. The molecule has 0 aromatic carbocycles. The lowest BCUT2D eigenvalue weighted by molar-refractivity contribution is -0.232. The Morgan fingerprint density at radius 1 is 0.949 bits per heavy atom. The van der Waals surface area contributed by atoms with Gasteiger partial charge in [0, 0.05) is 35.0 Å². The Bertz CT molecular complexity index is 1200. The molecule has 0 radical (unpaired) electrons. The molecule has 0 N–H and O–H groups in total. The van der Waals surface area contributed by atoms with E-state index in [2.05, 4.69) is 46.4 Å². The Morgan fingerprint density at radius 3 is 2.26 bits per heavy atom. The molecule has 0 aromatic rings. The number of nitrogens with zero attached hydrogens (tertiary/aromatic N) is 1. The highest BCUT2D eigenvalue weighted by atomic mass is 16.6. The maximum atomic E-state index is 14.7. The summed E-state index contributed by atoms with van der Waals surface area (Å²) in [5.74, 6) is 0.845. The minimum atomic E-state index is -1.37. The van der Waals surface area contributed by atoms with Crippen LogP contribution in [0, 0.1) is 62.7 Å². The molecular formula is C34H49NO4. The fourth-order valence-corrected chi connectivity index (χ4v) is 12.1. The number of ketones is 3. The molecule has 0 spiro atoms. The zero-order valence-electron chi connectivity index (χ0n) is 25.5. The highest BCUT2D eigenvalue weighted by Gasteiger charge is 2.88. The van der Waals surface area contributed by atoms with E-state index in [9.17, 15) is 14.4 Å². The first-order valence-corrected chi connectivity index (χ1v) is 15.7. The molecular weight excluding hydrogens is 486 g/mol. The van der Waals surface area contributed by atoms with Gasteiger partial charge in [-0.2, -0.15) is 0 Å². The van der Waals surface area contributed by atoms with E-state index in [1.807, 2.05) is 13.8 Å². The van der Waals surface area contributed by atoms with Crippen LogP contribution in [0.5, 0.6) is 0 Å². The Kier molecular flexibility index (Phi) is 5.55. The molecule has 1 heterocycles. The summed E-state index contributed by atoms with van der Waals surface area (Å²) in [6.07, 6.45) is 8.17. The van der Waals surface area contributed by atoms with Gasteiger partial charge in [-0.3, -0.25) is 24.0 Å². The smallest absolute Gasteiger partial charge is 0.299 e. The van der Waals surface area contributed by atoms with E-state index in [1.54, 1.807) is 0 Å². The van der Waals surface area contributed by atoms with E-state index in [1.165, 1.54) is 0 Å². The van der Waals surface area contributed by atoms with Crippen LogP contribution >= 0.6 is 0 Å². The Hall–Kier alpha value is -1.54. The second-order valence-corrected chi connectivity index (χ2v) is 16.7. The zero-order valence-corrected chi connectivity index (χ0v) is 25.5. The number of Topliss-reactive ketones (excluding diaryl/α,β-unsaturated/α-hetero) is 3. The molecule has 39 heavy (non-hydrogen) atoms. The van der Waals surface area contributed by atoms with Gasteiger partial charge in [0.15, 0.2) is 6.10 Å². The molecule has 6 fully saturated rings. The van der Waals surface area contributed by atoms with Crippen LogP contribution in [-0.4, -0.2) is 29.2 Å². The van der Waals surface area contributed by atoms with Gasteiger partial charge in [0.2, 0.25) is 0 Å². The largest absolute Gasteiger partial charge is 0.424 e. The van der Waals surface area contributed by atoms with E-state index in [0.717, 1.165) is 51.4 Å². The molecule has 1 saturated heterocycles. The third-order valence-electron chi connectivity index (χ3n) is 14.3. The van der Waals surface area contributed by atoms with E-state index in [-0.39, 0.29) is 51.1 Å². The van der Waals surface area contributed by atoms with Gasteiger partial charge >= 0.3 is 5.72 Å². The maximum absolute atomic E-state index is 14.7. The summed E-state index contributed by atoms with van der Waals surface area (Å²) < 4.78 is 6.16. The molecule has 0 bridgehead atoms. The summed E-state index contributed by atoms with van der Waals surface area (Å²) in [5.41, 5.74) is -2.98. The van der Waals surface area contributed by atoms with Crippen LogP contribution in [0.1, 0.15) is 120 Å². The molecule has 0 aromatic heterocycles. The minimum absolute atomic E-state index is 0.0615. The average Bonchev–Trinajstić information content (AvgIpc) is 3.61. The van der Waals surface area contributed by atoms with Crippen molar-refractivity contribution in [3.63, 3.8) is 0 Å². The van der Waals surface area contributed by atoms with Crippen molar-refractivity contribution in [3.8, 4) is 0 Å². The van der Waals surface area contributed by atoms with Crippen LogP contribution in [-0.2, 0) is 19.1 Å². The quantitative estimate of drug-likeness (QED) is 0.283. The SMILES string of the molecule is [C-]#[N+][C@@]12O[C@@H]1[C@]1(C)[C@H]3CC(=O)[C@@H]4[C@@H]5CC(C)(C)CC[C@]5(C(=O)CCC)CC[C@@]4(C)[C@]3(C)CC[C@H]1C(C)(C)C2=O. The molecule has 1 aliphatic heterocycles. The molecule has 5 aliphatic carbocycles.